The van der Waals surface area contributed by atoms with Crippen LogP contribution in [0.1, 0.15) is 62.3 Å². The van der Waals surface area contributed by atoms with Crippen molar-refractivity contribution in [1.29, 1.82) is 0 Å². The highest BCUT2D eigenvalue weighted by atomic mass is 16.5. The van der Waals surface area contributed by atoms with Gasteiger partial charge >= 0.3 is 0 Å². The largest absolute Gasteiger partial charge is 0.507 e. The Balaban J connectivity index is 2.00. The maximum atomic E-state index is 13.2. The van der Waals surface area contributed by atoms with Crippen molar-refractivity contribution in [3.63, 3.8) is 0 Å². The van der Waals surface area contributed by atoms with Crippen LogP contribution < -0.4 is 9.47 Å². The minimum absolute atomic E-state index is 0.0845. The summed E-state index contributed by atoms with van der Waals surface area (Å²) >= 11 is 0. The Labute approximate surface area is 213 Å². The van der Waals surface area contributed by atoms with Crippen molar-refractivity contribution in [3.8, 4) is 11.5 Å². The number of ketones is 1. The molecule has 2 aromatic carbocycles. The summed E-state index contributed by atoms with van der Waals surface area (Å²) < 4.78 is 16.5. The van der Waals surface area contributed by atoms with Gasteiger partial charge in [0.15, 0.2) is 0 Å². The number of rotatable bonds is 13. The van der Waals surface area contributed by atoms with Crippen molar-refractivity contribution >= 4 is 17.4 Å². The number of Topliss-reactive ketones (excluding diaryl/α,β-unsaturated/α-hetero) is 1. The van der Waals surface area contributed by atoms with Crippen molar-refractivity contribution in [2.75, 3.05) is 33.5 Å². The SMILES string of the molecule is CCCCCOc1ccc(C2/C(=C(\O)c3ccc(OCC)cc3C)C(=O)C(=O)N2CCCOC)cc1. The third-order valence-corrected chi connectivity index (χ3v) is 6.26. The van der Waals surface area contributed by atoms with Crippen LogP contribution in [0.5, 0.6) is 11.5 Å². The minimum Gasteiger partial charge on any atom is -0.507 e. The van der Waals surface area contributed by atoms with Crippen LogP contribution in [0.3, 0.4) is 0 Å². The van der Waals surface area contributed by atoms with Crippen LogP contribution in [0.2, 0.25) is 0 Å². The summed E-state index contributed by atoms with van der Waals surface area (Å²) in [7, 11) is 1.60. The molecular formula is C29H37NO6. The maximum Gasteiger partial charge on any atom is 0.295 e. The topological polar surface area (TPSA) is 85.3 Å². The fraction of sp³-hybridized carbons (Fsp3) is 0.448. The monoisotopic (exact) mass is 495 g/mol. The van der Waals surface area contributed by atoms with Crippen LogP contribution in [0.15, 0.2) is 48.0 Å². The average molecular weight is 496 g/mol. The van der Waals surface area contributed by atoms with Gasteiger partial charge in [-0.3, -0.25) is 9.59 Å². The summed E-state index contributed by atoms with van der Waals surface area (Å²) in [5.41, 5.74) is 2.06. The van der Waals surface area contributed by atoms with Crippen LogP contribution in [0.25, 0.3) is 5.76 Å². The van der Waals surface area contributed by atoms with E-state index in [1.54, 1.807) is 19.2 Å². The van der Waals surface area contributed by atoms with Crippen molar-refractivity contribution in [2.45, 2.75) is 52.5 Å². The highest BCUT2D eigenvalue weighted by Crippen LogP contribution is 2.40. The van der Waals surface area contributed by atoms with E-state index in [0.717, 1.165) is 36.1 Å². The molecule has 0 aromatic heterocycles. The van der Waals surface area contributed by atoms with Crippen molar-refractivity contribution in [3.05, 3.63) is 64.7 Å². The first kappa shape index (κ1) is 27.3. The van der Waals surface area contributed by atoms with E-state index in [4.69, 9.17) is 14.2 Å². The average Bonchev–Trinajstić information content (AvgIpc) is 3.12. The lowest BCUT2D eigenvalue weighted by Gasteiger charge is -2.25. The zero-order valence-corrected chi connectivity index (χ0v) is 21.7. The van der Waals surface area contributed by atoms with E-state index in [-0.39, 0.29) is 11.3 Å². The summed E-state index contributed by atoms with van der Waals surface area (Å²) in [6.45, 7) is 7.83. The Morgan fingerprint density at radius 3 is 2.31 bits per heavy atom. The Bertz CT molecular complexity index is 1080. The van der Waals surface area contributed by atoms with Crippen LogP contribution >= 0.6 is 0 Å². The molecule has 0 bridgehead atoms. The lowest BCUT2D eigenvalue weighted by Crippen LogP contribution is -2.31. The van der Waals surface area contributed by atoms with Crippen LogP contribution in [0, 0.1) is 6.92 Å². The Morgan fingerprint density at radius 1 is 0.944 bits per heavy atom. The third-order valence-electron chi connectivity index (χ3n) is 6.26. The standard InChI is InChI=1S/C29H37NO6/c1-5-7-8-18-36-22-12-10-21(11-13-22)26-25(28(32)29(33)30(26)16-9-17-34-4)27(31)24-15-14-23(35-6-2)19-20(24)3/h10-15,19,26,31H,5-9,16-18H2,1-4H3/b27-25+. The first-order chi connectivity index (χ1) is 17.4. The van der Waals surface area contributed by atoms with Crippen molar-refractivity contribution in [2.24, 2.45) is 0 Å². The molecule has 1 saturated heterocycles. The molecule has 3 rings (SSSR count). The van der Waals surface area contributed by atoms with E-state index >= 15 is 0 Å². The normalized spacial score (nSPS) is 17.0. The second-order valence-corrected chi connectivity index (χ2v) is 8.87. The number of carbonyl (C=O) groups is 2. The number of aliphatic hydroxyl groups is 1. The molecule has 7 heteroatoms. The molecule has 2 aromatic rings. The minimum atomic E-state index is -0.707. The Hall–Kier alpha value is -3.32. The molecule has 1 aliphatic heterocycles. The number of methoxy groups -OCH3 is 1. The van der Waals surface area contributed by atoms with Crippen molar-refractivity contribution in [1.82, 2.24) is 4.90 Å². The van der Waals surface area contributed by atoms with Gasteiger partial charge in [0, 0.05) is 25.8 Å². The lowest BCUT2D eigenvalue weighted by atomic mass is 9.93. The van der Waals surface area contributed by atoms with Crippen LogP contribution in [0.4, 0.5) is 0 Å². The summed E-state index contributed by atoms with van der Waals surface area (Å²) in [4.78, 5) is 27.8. The number of carbonyl (C=O) groups excluding carboxylic acids is 2. The second-order valence-electron chi connectivity index (χ2n) is 8.87. The molecule has 7 nitrogen and oxygen atoms in total. The zero-order valence-electron chi connectivity index (χ0n) is 21.7. The number of hydrogen-bond acceptors (Lipinski definition) is 6. The number of aryl methyl sites for hydroxylation is 1. The molecule has 36 heavy (non-hydrogen) atoms. The Kier molecular flexibility index (Phi) is 9.94. The van der Waals surface area contributed by atoms with Gasteiger partial charge in [0.2, 0.25) is 0 Å². The molecule has 0 spiro atoms. The quantitative estimate of drug-likeness (QED) is 0.173. The fourth-order valence-corrected chi connectivity index (χ4v) is 4.43. The van der Waals surface area contributed by atoms with E-state index in [9.17, 15) is 14.7 Å². The third kappa shape index (κ3) is 6.26. The highest BCUT2D eigenvalue weighted by Gasteiger charge is 2.45. The summed E-state index contributed by atoms with van der Waals surface area (Å²) in [5, 5.41) is 11.3. The molecule has 1 heterocycles. The molecule has 1 N–H and O–H groups in total. The maximum absolute atomic E-state index is 13.2. The molecule has 194 valence electrons. The smallest absolute Gasteiger partial charge is 0.295 e. The number of nitrogens with zero attached hydrogens (tertiary/aromatic N) is 1. The van der Waals surface area contributed by atoms with E-state index in [1.807, 2.05) is 44.2 Å². The van der Waals surface area contributed by atoms with E-state index in [0.29, 0.717) is 44.1 Å². The van der Waals surface area contributed by atoms with E-state index in [1.165, 1.54) is 4.90 Å². The molecular weight excluding hydrogens is 458 g/mol. The molecule has 0 aliphatic carbocycles. The molecule has 0 saturated carbocycles. The van der Waals surface area contributed by atoms with Gasteiger partial charge in [0.25, 0.3) is 11.7 Å². The van der Waals surface area contributed by atoms with Gasteiger partial charge in [-0.05, 0) is 68.1 Å². The molecule has 1 amide bonds. The lowest BCUT2D eigenvalue weighted by molar-refractivity contribution is -0.140. The van der Waals surface area contributed by atoms with Gasteiger partial charge in [-0.2, -0.15) is 0 Å². The van der Waals surface area contributed by atoms with Crippen molar-refractivity contribution < 1.29 is 28.9 Å². The molecule has 1 unspecified atom stereocenters. The van der Waals surface area contributed by atoms with Gasteiger partial charge in [0.1, 0.15) is 17.3 Å². The number of aliphatic hydroxyl groups excluding tert-OH is 1. The number of hydrogen-bond donors (Lipinski definition) is 1. The van der Waals surface area contributed by atoms with Gasteiger partial charge in [0.05, 0.1) is 24.8 Å². The van der Waals surface area contributed by atoms with Crippen LogP contribution in [-0.4, -0.2) is 55.2 Å². The van der Waals surface area contributed by atoms with Gasteiger partial charge in [-0.15, -0.1) is 0 Å². The number of ether oxygens (including phenoxy) is 3. The van der Waals surface area contributed by atoms with Crippen LogP contribution in [-0.2, 0) is 14.3 Å². The van der Waals surface area contributed by atoms with Gasteiger partial charge < -0.3 is 24.2 Å². The highest BCUT2D eigenvalue weighted by molar-refractivity contribution is 6.46. The zero-order chi connectivity index (χ0) is 26.1. The number of unbranched alkanes of at least 4 members (excludes halogenated alkanes) is 2. The molecule has 1 atom stereocenters. The predicted molar refractivity (Wildman–Crippen MR) is 139 cm³/mol. The Morgan fingerprint density at radius 2 is 1.67 bits per heavy atom. The molecule has 0 radical (unpaired) electrons. The van der Waals surface area contributed by atoms with Gasteiger partial charge in [-0.25, -0.2) is 0 Å². The molecule has 1 aliphatic rings. The van der Waals surface area contributed by atoms with Gasteiger partial charge in [-0.1, -0.05) is 31.9 Å². The fourth-order valence-electron chi connectivity index (χ4n) is 4.43. The summed E-state index contributed by atoms with van der Waals surface area (Å²) in [6.07, 6.45) is 3.79. The number of amides is 1. The molecule has 1 fully saturated rings. The van der Waals surface area contributed by atoms with E-state index in [2.05, 4.69) is 6.92 Å². The number of benzene rings is 2. The second kappa shape index (κ2) is 13.1. The summed E-state index contributed by atoms with van der Waals surface area (Å²) in [6, 6.07) is 12.0. The summed E-state index contributed by atoms with van der Waals surface area (Å²) in [5.74, 6) is -0.0940. The predicted octanol–water partition coefficient (Wildman–Crippen LogP) is 5.42. The number of likely N-dealkylation sites (tertiary alicyclic amines) is 1. The first-order valence-corrected chi connectivity index (χ1v) is 12.7. The first-order valence-electron chi connectivity index (χ1n) is 12.7. The van der Waals surface area contributed by atoms with E-state index < -0.39 is 17.7 Å².